The molecule has 0 aliphatic carbocycles. The Hall–Kier alpha value is -0.590. The number of hydrogen-bond donors (Lipinski definition) is 0. The van der Waals surface area contributed by atoms with Crippen LogP contribution in [0.5, 0.6) is 0 Å². The van der Waals surface area contributed by atoms with Crippen LogP contribution in [0, 0.1) is 5.92 Å². The van der Waals surface area contributed by atoms with Crippen molar-refractivity contribution in [1.82, 2.24) is 0 Å². The number of rotatable bonds is 6. The molecule has 0 aliphatic rings. The first kappa shape index (κ1) is 11.4. The average Bonchev–Trinajstić information content (AvgIpc) is 2.04. The lowest BCUT2D eigenvalue weighted by Gasteiger charge is -2.04. The van der Waals surface area contributed by atoms with Gasteiger partial charge in [-0.05, 0) is 32.1 Å². The highest BCUT2D eigenvalue weighted by Gasteiger charge is 1.98. The number of aldehydes is 1. The van der Waals surface area contributed by atoms with Crippen molar-refractivity contribution in [2.45, 2.75) is 46.5 Å². The molecule has 0 saturated carbocycles. The van der Waals surface area contributed by atoms with E-state index in [9.17, 15) is 4.79 Å². The second-order valence-electron chi connectivity index (χ2n) is 3.49. The van der Waals surface area contributed by atoms with Gasteiger partial charge in [-0.25, -0.2) is 0 Å². The Balaban J connectivity index is 3.47. The van der Waals surface area contributed by atoms with E-state index in [2.05, 4.69) is 26.8 Å². The van der Waals surface area contributed by atoms with Gasteiger partial charge in [-0.1, -0.05) is 25.5 Å². The zero-order valence-electron chi connectivity index (χ0n) is 8.47. The Kier molecular flexibility index (Phi) is 6.73. The molecule has 0 rings (SSSR count). The highest BCUT2D eigenvalue weighted by atomic mass is 16.1. The maximum absolute atomic E-state index is 10.2. The van der Waals surface area contributed by atoms with Crippen LogP contribution < -0.4 is 0 Å². The van der Waals surface area contributed by atoms with Crippen molar-refractivity contribution >= 4 is 6.29 Å². The maximum atomic E-state index is 10.2. The van der Waals surface area contributed by atoms with E-state index in [4.69, 9.17) is 0 Å². The summed E-state index contributed by atoms with van der Waals surface area (Å²) < 4.78 is 0. The molecular weight excluding hydrogens is 148 g/mol. The summed E-state index contributed by atoms with van der Waals surface area (Å²) in [6, 6.07) is 0. The Morgan fingerprint density at radius 3 is 2.67 bits per heavy atom. The summed E-state index contributed by atoms with van der Waals surface area (Å²) in [4.78, 5) is 10.2. The zero-order valence-corrected chi connectivity index (χ0v) is 8.47. The number of carbonyl (C=O) groups excluding carboxylic acids is 1. The molecule has 0 aliphatic heterocycles. The molecule has 0 bridgehead atoms. The van der Waals surface area contributed by atoms with Crippen molar-refractivity contribution in [3.63, 3.8) is 0 Å². The van der Waals surface area contributed by atoms with E-state index in [1.807, 2.05) is 0 Å². The fraction of sp³-hybridized carbons (Fsp3) is 0.727. The highest BCUT2D eigenvalue weighted by Crippen LogP contribution is 2.10. The second kappa shape index (κ2) is 7.08. The fourth-order valence-electron chi connectivity index (χ4n) is 1.04. The molecule has 1 heteroatoms. The summed E-state index contributed by atoms with van der Waals surface area (Å²) in [5.41, 5.74) is 1.45. The molecule has 0 aromatic rings. The summed E-state index contributed by atoms with van der Waals surface area (Å²) in [5, 5.41) is 0. The van der Waals surface area contributed by atoms with Crippen LogP contribution in [0.4, 0.5) is 0 Å². The van der Waals surface area contributed by atoms with Gasteiger partial charge in [0.15, 0.2) is 0 Å². The van der Waals surface area contributed by atoms with Crippen LogP contribution in [0.25, 0.3) is 0 Å². The first-order chi connectivity index (χ1) is 5.70. The molecule has 0 amide bonds. The Morgan fingerprint density at radius 2 is 2.17 bits per heavy atom. The van der Waals surface area contributed by atoms with E-state index in [0.29, 0.717) is 12.3 Å². The number of carbonyl (C=O) groups is 1. The van der Waals surface area contributed by atoms with Crippen LogP contribution >= 0.6 is 0 Å². The third-order valence-electron chi connectivity index (χ3n) is 2.21. The fourth-order valence-corrected chi connectivity index (χ4v) is 1.04. The van der Waals surface area contributed by atoms with E-state index in [1.54, 1.807) is 0 Å². The molecule has 70 valence electrons. The topological polar surface area (TPSA) is 17.1 Å². The SMILES string of the molecule is CC/C(C)=C/CCC(C)CC=O. The minimum Gasteiger partial charge on any atom is -0.303 e. The lowest BCUT2D eigenvalue weighted by atomic mass is 10.0. The molecule has 0 aromatic carbocycles. The number of hydrogen-bond acceptors (Lipinski definition) is 1. The quantitative estimate of drug-likeness (QED) is 0.439. The molecule has 0 N–H and O–H groups in total. The molecule has 1 atom stereocenters. The van der Waals surface area contributed by atoms with Crippen molar-refractivity contribution < 1.29 is 4.79 Å². The van der Waals surface area contributed by atoms with Crippen molar-refractivity contribution in [3.05, 3.63) is 11.6 Å². The van der Waals surface area contributed by atoms with Gasteiger partial charge >= 0.3 is 0 Å². The standard InChI is InChI=1S/C11H20O/c1-4-10(2)6-5-7-11(3)8-9-12/h6,9,11H,4-5,7-8H2,1-3H3/b10-6+. The third kappa shape index (κ3) is 6.14. The Morgan fingerprint density at radius 1 is 1.50 bits per heavy atom. The first-order valence-electron chi connectivity index (χ1n) is 4.80. The summed E-state index contributed by atoms with van der Waals surface area (Å²) in [7, 11) is 0. The lowest BCUT2D eigenvalue weighted by molar-refractivity contribution is -0.108. The minimum absolute atomic E-state index is 0.545. The van der Waals surface area contributed by atoms with Crippen molar-refractivity contribution in [2.75, 3.05) is 0 Å². The monoisotopic (exact) mass is 168 g/mol. The van der Waals surface area contributed by atoms with E-state index >= 15 is 0 Å². The molecule has 0 fully saturated rings. The molecule has 0 aromatic heterocycles. The van der Waals surface area contributed by atoms with Crippen LogP contribution in [-0.2, 0) is 4.79 Å². The molecule has 12 heavy (non-hydrogen) atoms. The van der Waals surface area contributed by atoms with Crippen LogP contribution in [0.3, 0.4) is 0 Å². The summed E-state index contributed by atoms with van der Waals surface area (Å²) in [6.07, 6.45) is 7.40. The van der Waals surface area contributed by atoms with Gasteiger partial charge in [0, 0.05) is 6.42 Å². The predicted octanol–water partition coefficient (Wildman–Crippen LogP) is 3.35. The summed E-state index contributed by atoms with van der Waals surface area (Å²) in [5.74, 6) is 0.545. The smallest absolute Gasteiger partial charge is 0.120 e. The van der Waals surface area contributed by atoms with E-state index < -0.39 is 0 Å². The number of allylic oxidation sites excluding steroid dienone is 2. The van der Waals surface area contributed by atoms with Gasteiger partial charge in [-0.15, -0.1) is 0 Å². The van der Waals surface area contributed by atoms with Gasteiger partial charge < -0.3 is 4.79 Å². The van der Waals surface area contributed by atoms with Gasteiger partial charge in [0.2, 0.25) is 0 Å². The van der Waals surface area contributed by atoms with Crippen molar-refractivity contribution in [2.24, 2.45) is 5.92 Å². The van der Waals surface area contributed by atoms with Gasteiger partial charge in [0.1, 0.15) is 6.29 Å². The van der Waals surface area contributed by atoms with Crippen LogP contribution in [-0.4, -0.2) is 6.29 Å². The van der Waals surface area contributed by atoms with Gasteiger partial charge in [0.05, 0.1) is 0 Å². The minimum atomic E-state index is 0.545. The predicted molar refractivity (Wildman–Crippen MR) is 53.1 cm³/mol. The molecule has 0 saturated heterocycles. The Labute approximate surface area is 75.9 Å². The zero-order chi connectivity index (χ0) is 9.40. The maximum Gasteiger partial charge on any atom is 0.120 e. The first-order valence-corrected chi connectivity index (χ1v) is 4.80. The molecule has 0 radical (unpaired) electrons. The van der Waals surface area contributed by atoms with Crippen molar-refractivity contribution in [1.29, 1.82) is 0 Å². The van der Waals surface area contributed by atoms with Gasteiger partial charge in [0.25, 0.3) is 0 Å². The van der Waals surface area contributed by atoms with Gasteiger partial charge in [-0.3, -0.25) is 0 Å². The Bertz CT molecular complexity index is 147. The average molecular weight is 168 g/mol. The summed E-state index contributed by atoms with van der Waals surface area (Å²) >= 11 is 0. The highest BCUT2D eigenvalue weighted by molar-refractivity contribution is 5.49. The van der Waals surface area contributed by atoms with Crippen LogP contribution in [0.2, 0.25) is 0 Å². The van der Waals surface area contributed by atoms with E-state index in [1.165, 1.54) is 5.57 Å². The molecule has 1 unspecified atom stereocenters. The van der Waals surface area contributed by atoms with Crippen LogP contribution in [0.1, 0.15) is 46.5 Å². The molecule has 0 spiro atoms. The third-order valence-corrected chi connectivity index (χ3v) is 2.21. The lowest BCUT2D eigenvalue weighted by Crippen LogP contribution is -1.94. The molecule has 0 heterocycles. The van der Waals surface area contributed by atoms with Gasteiger partial charge in [-0.2, -0.15) is 0 Å². The van der Waals surface area contributed by atoms with Crippen LogP contribution in [0.15, 0.2) is 11.6 Å². The normalized spacial score (nSPS) is 14.4. The largest absolute Gasteiger partial charge is 0.303 e. The molecule has 1 nitrogen and oxygen atoms in total. The second-order valence-corrected chi connectivity index (χ2v) is 3.49. The molecular formula is C11H20O. The summed E-state index contributed by atoms with van der Waals surface area (Å²) in [6.45, 7) is 6.45. The van der Waals surface area contributed by atoms with E-state index in [0.717, 1.165) is 25.5 Å². The van der Waals surface area contributed by atoms with E-state index in [-0.39, 0.29) is 0 Å². The van der Waals surface area contributed by atoms with Crippen molar-refractivity contribution in [3.8, 4) is 0 Å².